The second-order valence-electron chi connectivity index (χ2n) is 11.6. The number of halogens is 2. The first-order valence-electron chi connectivity index (χ1n) is 13.4. The van der Waals surface area contributed by atoms with Crippen LogP contribution in [-0.2, 0) is 5.41 Å². The maximum Gasteiger partial charge on any atom is 0.317 e. The highest BCUT2D eigenvalue weighted by Gasteiger charge is 2.50. The number of amides is 2. The molecule has 35 heavy (non-hydrogen) atoms. The summed E-state index contributed by atoms with van der Waals surface area (Å²) in [5, 5.41) is 7.01. The molecule has 1 aromatic rings. The number of hydrogen-bond acceptors (Lipinski definition) is 6. The smallest absolute Gasteiger partial charge is 0.317 e. The molecular weight excluding hydrogens is 454 g/mol. The molecule has 2 amide bonds. The number of urea groups is 1. The summed E-state index contributed by atoms with van der Waals surface area (Å²) in [6, 6.07) is -1.40. The largest absolute Gasteiger partial charge is 0.339 e. The van der Waals surface area contributed by atoms with Crippen LogP contribution in [0.1, 0.15) is 83.3 Å². The van der Waals surface area contributed by atoms with Gasteiger partial charge in [-0.1, -0.05) is 12.1 Å². The quantitative estimate of drug-likeness (QED) is 0.674. The number of carbonyl (C=O) groups is 1. The Morgan fingerprint density at radius 2 is 1.74 bits per heavy atom. The molecule has 2 aliphatic heterocycles. The summed E-state index contributed by atoms with van der Waals surface area (Å²) in [5.41, 5.74) is -0.263. The van der Waals surface area contributed by atoms with Crippen LogP contribution in [-0.4, -0.2) is 94.2 Å². The highest BCUT2D eigenvalue weighted by molar-refractivity contribution is 5.75. The van der Waals surface area contributed by atoms with E-state index in [-0.39, 0.29) is 23.9 Å². The zero-order chi connectivity index (χ0) is 24.8. The molecule has 4 fully saturated rings. The Balaban J connectivity index is 1.20. The summed E-state index contributed by atoms with van der Waals surface area (Å²) in [4.78, 5) is 24.0. The maximum absolute atomic E-state index is 15.1. The molecule has 4 aliphatic rings. The summed E-state index contributed by atoms with van der Waals surface area (Å²) < 4.78 is 35.7. The van der Waals surface area contributed by atoms with Crippen molar-refractivity contribution < 1.29 is 18.1 Å². The minimum absolute atomic E-state index is 0.167. The molecule has 5 rings (SSSR count). The first-order valence-corrected chi connectivity index (χ1v) is 13.4. The molecule has 8 nitrogen and oxygen atoms in total. The van der Waals surface area contributed by atoms with E-state index in [0.717, 1.165) is 44.9 Å². The van der Waals surface area contributed by atoms with E-state index in [9.17, 15) is 4.79 Å². The summed E-state index contributed by atoms with van der Waals surface area (Å²) in [5.74, 6) is -1.06. The van der Waals surface area contributed by atoms with Gasteiger partial charge in [-0.3, -0.25) is 9.80 Å². The van der Waals surface area contributed by atoms with Crippen LogP contribution in [0, 0.1) is 0 Å². The molecule has 2 saturated heterocycles. The lowest BCUT2D eigenvalue weighted by Gasteiger charge is -2.48. The van der Waals surface area contributed by atoms with Gasteiger partial charge in [-0.15, -0.1) is 0 Å². The Bertz CT molecular complexity index is 888. The minimum atomic E-state index is -2.90. The van der Waals surface area contributed by atoms with Crippen LogP contribution in [0.4, 0.5) is 13.6 Å². The zero-order valence-corrected chi connectivity index (χ0v) is 21.3. The molecule has 196 valence electrons. The fraction of sp³-hybridized carbons (Fsp3) is 0.880. The summed E-state index contributed by atoms with van der Waals surface area (Å²) in [6.45, 7) is 10.7. The Morgan fingerprint density at radius 1 is 1.06 bits per heavy atom. The van der Waals surface area contributed by atoms with Gasteiger partial charge in [-0.05, 0) is 52.4 Å². The van der Waals surface area contributed by atoms with Gasteiger partial charge < -0.3 is 14.7 Å². The highest BCUT2D eigenvalue weighted by atomic mass is 19.3. The van der Waals surface area contributed by atoms with Gasteiger partial charge in [-0.25, -0.2) is 13.6 Å². The average molecular weight is 495 g/mol. The van der Waals surface area contributed by atoms with Gasteiger partial charge in [0, 0.05) is 69.1 Å². The standard InChI is InChI=1S/C25H40F2N6O2/c1-17(2)31-13-15-32(16-14-31)19-5-4-8-25(26,27)20(19)28-23(34)33-11-9-24(3,10-12-33)22-29-21(35-30-22)18-6-7-18/h17-20H,4-16H2,1-3H3,(H,28,34)/t19-,20+/m0/s1. The van der Waals surface area contributed by atoms with Gasteiger partial charge in [0.15, 0.2) is 5.82 Å². The van der Waals surface area contributed by atoms with Gasteiger partial charge in [0.2, 0.25) is 5.89 Å². The number of piperidine rings is 1. The molecule has 10 heteroatoms. The maximum atomic E-state index is 15.1. The normalized spacial score (nSPS) is 29.9. The molecule has 2 saturated carbocycles. The van der Waals surface area contributed by atoms with Crippen molar-refractivity contribution in [1.82, 2.24) is 30.2 Å². The second kappa shape index (κ2) is 9.57. The van der Waals surface area contributed by atoms with E-state index in [1.54, 1.807) is 4.90 Å². The van der Waals surface area contributed by atoms with Crippen LogP contribution >= 0.6 is 0 Å². The van der Waals surface area contributed by atoms with E-state index in [1.165, 1.54) is 0 Å². The number of nitrogens with zero attached hydrogens (tertiary/aromatic N) is 5. The predicted octanol–water partition coefficient (Wildman–Crippen LogP) is 3.59. The van der Waals surface area contributed by atoms with Crippen LogP contribution in [0.2, 0.25) is 0 Å². The van der Waals surface area contributed by atoms with Gasteiger partial charge in [0.05, 0.1) is 0 Å². The molecule has 3 heterocycles. The van der Waals surface area contributed by atoms with Crippen molar-refractivity contribution in [2.75, 3.05) is 39.3 Å². The van der Waals surface area contributed by atoms with E-state index in [2.05, 4.69) is 46.0 Å². The number of nitrogens with one attached hydrogen (secondary N) is 1. The van der Waals surface area contributed by atoms with Crippen LogP contribution in [0.5, 0.6) is 0 Å². The molecule has 0 spiro atoms. The fourth-order valence-corrected chi connectivity index (χ4v) is 5.96. The summed E-state index contributed by atoms with van der Waals surface area (Å²) in [6.07, 6.45) is 4.60. The number of rotatable bonds is 5. The van der Waals surface area contributed by atoms with Crippen molar-refractivity contribution in [2.45, 2.75) is 101 Å². The van der Waals surface area contributed by atoms with E-state index >= 15 is 8.78 Å². The molecule has 2 aliphatic carbocycles. The van der Waals surface area contributed by atoms with Crippen LogP contribution in [0.3, 0.4) is 0 Å². The minimum Gasteiger partial charge on any atom is -0.339 e. The zero-order valence-electron chi connectivity index (χ0n) is 21.3. The first kappa shape index (κ1) is 24.9. The molecule has 1 N–H and O–H groups in total. The van der Waals surface area contributed by atoms with Crippen molar-refractivity contribution >= 4 is 6.03 Å². The number of carbonyl (C=O) groups excluding carboxylic acids is 1. The van der Waals surface area contributed by atoms with Crippen molar-refractivity contribution in [3.63, 3.8) is 0 Å². The number of likely N-dealkylation sites (tertiary alicyclic amines) is 1. The van der Waals surface area contributed by atoms with Crippen molar-refractivity contribution in [3.8, 4) is 0 Å². The molecular formula is C25H40F2N6O2. The molecule has 0 unspecified atom stereocenters. The third kappa shape index (κ3) is 5.19. The summed E-state index contributed by atoms with van der Waals surface area (Å²) in [7, 11) is 0. The lowest BCUT2D eigenvalue weighted by molar-refractivity contribution is -0.0973. The van der Waals surface area contributed by atoms with E-state index in [0.29, 0.717) is 56.6 Å². The van der Waals surface area contributed by atoms with Gasteiger partial charge in [0.1, 0.15) is 6.04 Å². The molecule has 2 atom stereocenters. The van der Waals surface area contributed by atoms with E-state index < -0.39 is 12.0 Å². The predicted molar refractivity (Wildman–Crippen MR) is 128 cm³/mol. The lowest BCUT2D eigenvalue weighted by atomic mass is 9.79. The molecule has 1 aromatic heterocycles. The first-order chi connectivity index (χ1) is 16.7. The highest BCUT2D eigenvalue weighted by Crippen LogP contribution is 2.41. The lowest BCUT2D eigenvalue weighted by Crippen LogP contribution is -2.66. The third-order valence-corrected chi connectivity index (χ3v) is 8.74. The van der Waals surface area contributed by atoms with Gasteiger partial charge >= 0.3 is 6.03 Å². The molecule has 0 radical (unpaired) electrons. The van der Waals surface area contributed by atoms with Crippen molar-refractivity contribution in [3.05, 3.63) is 11.7 Å². The SMILES string of the molecule is CC(C)N1CCN([C@H]2CCCC(F)(F)[C@@H]2NC(=O)N2CCC(C)(c3noc(C4CC4)n3)CC2)CC1. The van der Waals surface area contributed by atoms with Crippen molar-refractivity contribution in [2.24, 2.45) is 0 Å². The number of piperazine rings is 1. The average Bonchev–Trinajstić information content (AvgIpc) is 3.56. The third-order valence-electron chi connectivity index (χ3n) is 8.74. The number of hydrogen-bond donors (Lipinski definition) is 1. The Labute approximate surface area is 206 Å². The Kier molecular flexibility index (Phi) is 6.80. The summed E-state index contributed by atoms with van der Waals surface area (Å²) >= 11 is 0. The fourth-order valence-electron chi connectivity index (χ4n) is 5.96. The Morgan fingerprint density at radius 3 is 2.37 bits per heavy atom. The monoisotopic (exact) mass is 494 g/mol. The van der Waals surface area contributed by atoms with Crippen LogP contribution < -0.4 is 5.32 Å². The van der Waals surface area contributed by atoms with E-state index in [4.69, 9.17) is 4.52 Å². The van der Waals surface area contributed by atoms with Crippen LogP contribution in [0.25, 0.3) is 0 Å². The molecule has 0 aromatic carbocycles. The van der Waals surface area contributed by atoms with Crippen molar-refractivity contribution in [1.29, 1.82) is 0 Å². The van der Waals surface area contributed by atoms with E-state index in [1.807, 2.05) is 0 Å². The Hall–Kier alpha value is -1.81. The second-order valence-corrected chi connectivity index (χ2v) is 11.6. The van der Waals surface area contributed by atoms with Crippen LogP contribution in [0.15, 0.2) is 4.52 Å². The molecule has 0 bridgehead atoms. The topological polar surface area (TPSA) is 77.7 Å². The van der Waals surface area contributed by atoms with Gasteiger partial charge in [-0.2, -0.15) is 4.98 Å². The number of aromatic nitrogens is 2. The van der Waals surface area contributed by atoms with Gasteiger partial charge in [0.25, 0.3) is 5.92 Å². The number of alkyl halides is 2.